The molecule has 6 nitrogen and oxygen atoms in total. The first-order valence-electron chi connectivity index (χ1n) is 10.1. The van der Waals surface area contributed by atoms with Crippen LogP contribution >= 0.6 is 0 Å². The van der Waals surface area contributed by atoms with Gasteiger partial charge in [-0.15, -0.1) is 0 Å². The molecule has 0 spiro atoms. The highest BCUT2D eigenvalue weighted by Gasteiger charge is 2.04. The smallest absolute Gasteiger partial charge is 0.251 e. The summed E-state index contributed by atoms with van der Waals surface area (Å²) >= 11 is 0. The molecule has 0 saturated carbocycles. The van der Waals surface area contributed by atoms with E-state index in [1.54, 1.807) is 12.1 Å². The number of rotatable bonds is 15. The molecule has 160 valence electrons. The fourth-order valence-corrected chi connectivity index (χ4v) is 2.22. The Kier molecular flexibility index (Phi) is 14.8. The summed E-state index contributed by atoms with van der Waals surface area (Å²) in [4.78, 5) is 12.0. The molecular weight excluding hydrogens is 356 g/mol. The predicted octanol–water partition coefficient (Wildman–Crippen LogP) is 2.72. The second kappa shape index (κ2) is 17.2. The number of hydrogen-bond donors (Lipinski definition) is 2. The molecule has 2 N–H and O–H groups in total. The molecule has 1 amide bonds. The van der Waals surface area contributed by atoms with Gasteiger partial charge < -0.3 is 24.8 Å². The van der Waals surface area contributed by atoms with Gasteiger partial charge in [-0.05, 0) is 37.2 Å². The maximum absolute atomic E-state index is 12.0. The van der Waals surface area contributed by atoms with Gasteiger partial charge in [0.05, 0.1) is 39.6 Å². The molecule has 0 fully saturated rings. The Hall–Kier alpha value is -1.91. The van der Waals surface area contributed by atoms with Crippen LogP contribution in [0.1, 0.15) is 45.5 Å². The highest BCUT2D eigenvalue weighted by molar-refractivity contribution is 5.94. The van der Waals surface area contributed by atoms with Crippen LogP contribution in [0.2, 0.25) is 0 Å². The van der Waals surface area contributed by atoms with Gasteiger partial charge in [0.1, 0.15) is 0 Å². The second-order valence-electron chi connectivity index (χ2n) is 6.08. The minimum Gasteiger partial charge on any atom is -0.378 e. The second-order valence-corrected chi connectivity index (χ2v) is 6.08. The van der Waals surface area contributed by atoms with Gasteiger partial charge in [-0.3, -0.25) is 4.79 Å². The normalized spacial score (nSPS) is 10.4. The van der Waals surface area contributed by atoms with Crippen molar-refractivity contribution < 1.29 is 21.9 Å². The molecule has 0 aliphatic carbocycles. The fourth-order valence-electron chi connectivity index (χ4n) is 2.22. The summed E-state index contributed by atoms with van der Waals surface area (Å²) in [6.45, 7) is 9.83. The van der Waals surface area contributed by atoms with Crippen LogP contribution in [0.25, 0.3) is 0 Å². The molecule has 1 rings (SSSR count). The fraction of sp³-hybridized carbons (Fsp3) is 0.591. The van der Waals surface area contributed by atoms with E-state index in [2.05, 4.69) is 29.4 Å². The van der Waals surface area contributed by atoms with Crippen molar-refractivity contribution in [2.45, 2.75) is 26.7 Å². The highest BCUT2D eigenvalue weighted by Crippen LogP contribution is 2.03. The van der Waals surface area contributed by atoms with E-state index in [0.29, 0.717) is 51.7 Å². The third-order valence-corrected chi connectivity index (χ3v) is 3.68. The first-order valence-corrected chi connectivity index (χ1v) is 10.1. The lowest BCUT2D eigenvalue weighted by Crippen LogP contribution is -2.27. The van der Waals surface area contributed by atoms with Gasteiger partial charge in [0.25, 0.3) is 5.91 Å². The van der Waals surface area contributed by atoms with E-state index in [4.69, 9.17) is 14.2 Å². The number of hydrogen-bond acceptors (Lipinski definition) is 5. The molecule has 0 aliphatic rings. The lowest BCUT2D eigenvalue weighted by Gasteiger charge is -2.08. The maximum atomic E-state index is 12.0. The number of carbonyl (C=O) groups excluding carboxylic acids is 1. The number of carbonyl (C=O) groups is 1. The molecular formula is C22H38N2O4. The van der Waals surface area contributed by atoms with Gasteiger partial charge in [0, 0.05) is 33.5 Å². The largest absolute Gasteiger partial charge is 0.378 e. The van der Waals surface area contributed by atoms with E-state index in [0.717, 1.165) is 31.5 Å². The zero-order valence-corrected chi connectivity index (χ0v) is 17.2. The molecule has 0 bridgehead atoms. The molecule has 0 radical (unpaired) electrons. The van der Waals surface area contributed by atoms with E-state index in [-0.39, 0.29) is 8.76 Å². The number of nitrogens with one attached hydrogen (secondary N) is 2. The van der Waals surface area contributed by atoms with E-state index >= 15 is 0 Å². The van der Waals surface area contributed by atoms with Gasteiger partial charge in [-0.25, -0.2) is 0 Å². The van der Waals surface area contributed by atoms with Crippen LogP contribution in [0.3, 0.4) is 0 Å². The monoisotopic (exact) mass is 394 g/mol. The molecule has 0 unspecified atom stereocenters. The van der Waals surface area contributed by atoms with Crippen molar-refractivity contribution in [1.29, 1.82) is 0 Å². The van der Waals surface area contributed by atoms with Crippen LogP contribution in [0.15, 0.2) is 24.3 Å². The lowest BCUT2D eigenvalue weighted by molar-refractivity contribution is 0.0157. The topological polar surface area (TPSA) is 68.8 Å². The van der Waals surface area contributed by atoms with Gasteiger partial charge in [0.2, 0.25) is 0 Å². The van der Waals surface area contributed by atoms with Crippen molar-refractivity contribution in [3.05, 3.63) is 35.4 Å². The van der Waals surface area contributed by atoms with Gasteiger partial charge >= 0.3 is 0 Å². The van der Waals surface area contributed by atoms with Crippen LogP contribution in [0.4, 0.5) is 0 Å². The van der Waals surface area contributed by atoms with Crippen LogP contribution in [-0.2, 0) is 14.2 Å². The molecule has 0 aromatic heterocycles. The van der Waals surface area contributed by atoms with Gasteiger partial charge in [-0.1, -0.05) is 25.7 Å². The summed E-state index contributed by atoms with van der Waals surface area (Å²) in [5.74, 6) is 5.93. The molecule has 0 aliphatic heterocycles. The molecule has 6 heteroatoms. The van der Waals surface area contributed by atoms with Crippen LogP contribution < -0.4 is 10.6 Å². The van der Waals surface area contributed by atoms with Gasteiger partial charge in [0.15, 0.2) is 0 Å². The summed E-state index contributed by atoms with van der Waals surface area (Å²) in [5.41, 5.74) is 1.54. The Bertz CT molecular complexity index is 589. The van der Waals surface area contributed by atoms with Crippen molar-refractivity contribution in [3.63, 3.8) is 0 Å². The minimum atomic E-state index is -0.111. The van der Waals surface area contributed by atoms with E-state index < -0.39 is 0 Å². The zero-order chi connectivity index (χ0) is 20.3. The van der Waals surface area contributed by atoms with Crippen LogP contribution in [0, 0.1) is 11.8 Å². The van der Waals surface area contributed by atoms with E-state index in [1.165, 1.54) is 0 Å². The third-order valence-electron chi connectivity index (χ3n) is 3.68. The highest BCUT2D eigenvalue weighted by atomic mass is 16.5. The van der Waals surface area contributed by atoms with Crippen molar-refractivity contribution in [2.24, 2.45) is 0 Å². The van der Waals surface area contributed by atoms with Crippen molar-refractivity contribution >= 4 is 5.91 Å². The quantitative estimate of drug-likeness (QED) is 0.354. The lowest BCUT2D eigenvalue weighted by atomic mass is 10.1. The number of ether oxygens (including phenoxy) is 3. The average molecular weight is 395 g/mol. The summed E-state index contributed by atoms with van der Waals surface area (Å²) in [7, 11) is 0. The maximum Gasteiger partial charge on any atom is 0.251 e. The molecule has 0 heterocycles. The predicted molar refractivity (Wildman–Crippen MR) is 116 cm³/mol. The van der Waals surface area contributed by atoms with Crippen LogP contribution in [-0.4, -0.2) is 65.2 Å². The molecule has 1 aromatic rings. The van der Waals surface area contributed by atoms with Crippen LogP contribution in [0.5, 0.6) is 0 Å². The zero-order valence-electron chi connectivity index (χ0n) is 17.2. The molecule has 0 atom stereocenters. The third kappa shape index (κ3) is 12.5. The molecule has 28 heavy (non-hydrogen) atoms. The Morgan fingerprint density at radius 2 is 1.50 bits per heavy atom. The Labute approximate surface area is 172 Å². The Morgan fingerprint density at radius 1 is 0.893 bits per heavy atom. The first-order chi connectivity index (χ1) is 13.8. The average Bonchev–Trinajstić information content (AvgIpc) is 2.72. The first kappa shape index (κ1) is 24.1. The SMILES string of the molecule is CCC#Cc1ccc(C(=O)NCCOCCOCCOCCNCCC)cc1.[HH].[HH]. The van der Waals surface area contributed by atoms with Gasteiger partial charge in [-0.2, -0.15) is 0 Å². The Morgan fingerprint density at radius 3 is 2.11 bits per heavy atom. The van der Waals surface area contributed by atoms with Crippen molar-refractivity contribution in [3.8, 4) is 11.8 Å². The molecule has 0 saturated heterocycles. The standard InChI is InChI=1S/C22H34N2O4.2H2/c1-3-5-6-20-7-9-21(10-8-20)22(25)24-13-15-27-17-19-28-18-16-26-14-12-23-11-4-2;;/h7-10,23H,3-4,11-19H2,1-2H3,(H,24,25);2*1H. The van der Waals surface area contributed by atoms with Crippen molar-refractivity contribution in [2.75, 3.05) is 59.3 Å². The number of benzene rings is 1. The molecule has 1 aromatic carbocycles. The number of amides is 1. The van der Waals surface area contributed by atoms with E-state index in [1.807, 2.05) is 19.1 Å². The summed E-state index contributed by atoms with van der Waals surface area (Å²) in [6, 6.07) is 7.28. The summed E-state index contributed by atoms with van der Waals surface area (Å²) < 4.78 is 16.3. The minimum absolute atomic E-state index is 0. The Balaban J connectivity index is 0. The van der Waals surface area contributed by atoms with Crippen molar-refractivity contribution in [1.82, 2.24) is 10.6 Å². The summed E-state index contributed by atoms with van der Waals surface area (Å²) in [6.07, 6.45) is 1.95. The summed E-state index contributed by atoms with van der Waals surface area (Å²) in [5, 5.41) is 6.11. The van der Waals surface area contributed by atoms with E-state index in [9.17, 15) is 4.79 Å².